The Balaban J connectivity index is 1.47. The molecule has 23 heavy (non-hydrogen) atoms. The molecule has 0 aliphatic carbocycles. The van der Waals surface area contributed by atoms with Gasteiger partial charge in [-0.2, -0.15) is 0 Å². The minimum absolute atomic E-state index is 0.0645. The van der Waals surface area contributed by atoms with E-state index in [0.29, 0.717) is 18.6 Å². The van der Waals surface area contributed by atoms with Crippen molar-refractivity contribution in [3.05, 3.63) is 53.9 Å². The van der Waals surface area contributed by atoms with Crippen LogP contribution in [0.3, 0.4) is 0 Å². The lowest BCUT2D eigenvalue weighted by atomic mass is 9.93. The molecule has 0 radical (unpaired) electrons. The maximum Gasteiger partial charge on any atom is 0.225 e. The largest absolute Gasteiger partial charge is 0.364 e. The van der Waals surface area contributed by atoms with Gasteiger partial charge in [0, 0.05) is 18.2 Å². The third kappa shape index (κ3) is 2.77. The number of amides is 1. The number of aromatic nitrogens is 1. The number of carbonyl (C=O) groups excluding carboxylic acids is 1. The number of nitrogens with zero attached hydrogens (tertiary/aromatic N) is 2. The van der Waals surface area contributed by atoms with Crippen LogP contribution in [-0.2, 0) is 11.3 Å². The molecule has 5 nitrogen and oxygen atoms in total. The quantitative estimate of drug-likeness (QED) is 0.942. The molecule has 5 heteroatoms. The van der Waals surface area contributed by atoms with Gasteiger partial charge in [-0.15, -0.1) is 0 Å². The predicted molar refractivity (Wildman–Crippen MR) is 85.4 cm³/mol. The molecule has 1 amide bonds. The maximum absolute atomic E-state index is 12.7. The second kappa shape index (κ2) is 6.16. The van der Waals surface area contributed by atoms with Crippen LogP contribution < -0.4 is 5.32 Å². The van der Waals surface area contributed by atoms with Gasteiger partial charge in [-0.05, 0) is 31.4 Å². The fraction of sp³-hybridized carbons (Fsp3) is 0.444. The lowest BCUT2D eigenvalue weighted by Gasteiger charge is -2.24. The van der Waals surface area contributed by atoms with E-state index in [0.717, 1.165) is 25.1 Å². The molecular weight excluding hydrogens is 290 g/mol. The van der Waals surface area contributed by atoms with E-state index in [2.05, 4.69) is 39.6 Å². The van der Waals surface area contributed by atoms with Gasteiger partial charge in [0.25, 0.3) is 0 Å². The number of fused-ring (bicyclic) bond motifs is 1. The Hall–Kier alpha value is -2.14. The second-order valence-electron chi connectivity index (χ2n) is 6.42. The number of benzene rings is 1. The zero-order valence-electron chi connectivity index (χ0n) is 13.0. The van der Waals surface area contributed by atoms with E-state index in [4.69, 9.17) is 4.52 Å². The molecule has 2 aliphatic heterocycles. The van der Waals surface area contributed by atoms with Gasteiger partial charge in [0.15, 0.2) is 0 Å². The van der Waals surface area contributed by atoms with Gasteiger partial charge in [-0.1, -0.05) is 35.5 Å². The summed E-state index contributed by atoms with van der Waals surface area (Å²) in [7, 11) is 0. The zero-order chi connectivity index (χ0) is 15.6. The summed E-state index contributed by atoms with van der Waals surface area (Å²) in [5.74, 6) is 0.206. The number of rotatable bonds is 4. The average molecular weight is 311 g/mol. The van der Waals surface area contributed by atoms with Crippen LogP contribution in [0.15, 0.2) is 47.2 Å². The van der Waals surface area contributed by atoms with E-state index in [-0.39, 0.29) is 11.8 Å². The average Bonchev–Trinajstić information content (AvgIpc) is 3.30. The van der Waals surface area contributed by atoms with Gasteiger partial charge >= 0.3 is 0 Å². The first-order valence-electron chi connectivity index (χ1n) is 8.30. The molecule has 2 aromatic rings. The van der Waals surface area contributed by atoms with Crippen LogP contribution in [0.25, 0.3) is 0 Å². The van der Waals surface area contributed by atoms with E-state index in [9.17, 15) is 4.79 Å². The van der Waals surface area contributed by atoms with Gasteiger partial charge in [0.05, 0.1) is 12.5 Å². The fourth-order valence-electron chi connectivity index (χ4n) is 4.09. The molecule has 2 aliphatic rings. The highest BCUT2D eigenvalue weighted by molar-refractivity contribution is 5.80. The summed E-state index contributed by atoms with van der Waals surface area (Å²) in [6.45, 7) is 1.53. The number of hydrogen-bond acceptors (Lipinski definition) is 4. The normalized spacial score (nSPS) is 27.0. The molecule has 1 aromatic carbocycles. The lowest BCUT2D eigenvalue weighted by molar-refractivity contribution is -0.125. The number of hydrogen-bond donors (Lipinski definition) is 1. The third-order valence-corrected chi connectivity index (χ3v) is 5.14. The topological polar surface area (TPSA) is 58.4 Å². The summed E-state index contributed by atoms with van der Waals surface area (Å²) in [4.78, 5) is 15.2. The van der Waals surface area contributed by atoms with Crippen molar-refractivity contribution in [2.24, 2.45) is 5.92 Å². The molecular formula is C18H21N3O2. The minimum Gasteiger partial charge on any atom is -0.364 e. The molecule has 1 aromatic heterocycles. The fourth-order valence-corrected chi connectivity index (χ4v) is 4.09. The molecule has 3 heterocycles. The Kier molecular flexibility index (Phi) is 3.87. The first-order chi connectivity index (χ1) is 11.3. The Morgan fingerprint density at radius 2 is 2.17 bits per heavy atom. The molecule has 0 saturated carbocycles. The molecule has 1 N–H and O–H groups in total. The summed E-state index contributed by atoms with van der Waals surface area (Å²) in [5, 5.41) is 6.87. The van der Waals surface area contributed by atoms with Crippen LogP contribution in [0.1, 0.15) is 36.6 Å². The SMILES string of the molecule is O=C(NCc1ccon1)[C@@H]1C[C@H](c2ccccc2)N2CCC[C@@H]12. The standard InChI is InChI=1S/C18H21N3O2/c22-18(19-12-14-8-10-23-20-14)15-11-17(13-5-2-1-3-6-13)21-9-4-7-16(15)21/h1-3,5-6,8,10,15-17H,4,7,9,11-12H2,(H,19,22)/t15-,16+,17-/m1/s1. The van der Waals surface area contributed by atoms with E-state index in [1.165, 1.54) is 18.2 Å². The monoisotopic (exact) mass is 311 g/mol. The lowest BCUT2D eigenvalue weighted by Crippen LogP contribution is -2.37. The van der Waals surface area contributed by atoms with Gasteiger partial charge in [0.2, 0.25) is 5.91 Å². The molecule has 0 spiro atoms. The first kappa shape index (κ1) is 14.5. The van der Waals surface area contributed by atoms with Gasteiger partial charge in [-0.3, -0.25) is 9.69 Å². The maximum atomic E-state index is 12.7. The van der Waals surface area contributed by atoms with Crippen LogP contribution in [0.2, 0.25) is 0 Å². The molecule has 2 saturated heterocycles. The van der Waals surface area contributed by atoms with Gasteiger partial charge in [0.1, 0.15) is 12.0 Å². The first-order valence-corrected chi connectivity index (χ1v) is 8.30. The van der Waals surface area contributed by atoms with E-state index < -0.39 is 0 Å². The summed E-state index contributed by atoms with van der Waals surface area (Å²) in [6, 6.07) is 13.1. The van der Waals surface area contributed by atoms with Crippen LogP contribution in [-0.4, -0.2) is 28.6 Å². The minimum atomic E-state index is 0.0645. The Bertz CT molecular complexity index is 656. The van der Waals surface area contributed by atoms with Crippen molar-refractivity contribution in [3.8, 4) is 0 Å². The van der Waals surface area contributed by atoms with Crippen molar-refractivity contribution in [1.82, 2.24) is 15.4 Å². The Morgan fingerprint density at radius 1 is 1.30 bits per heavy atom. The van der Waals surface area contributed by atoms with Gasteiger partial charge < -0.3 is 9.84 Å². The summed E-state index contributed by atoms with van der Waals surface area (Å²) < 4.78 is 4.81. The predicted octanol–water partition coefficient (Wildman–Crippen LogP) is 2.52. The van der Waals surface area contributed by atoms with Crippen LogP contribution in [0, 0.1) is 5.92 Å². The summed E-state index contributed by atoms with van der Waals surface area (Å²) >= 11 is 0. The zero-order valence-corrected chi connectivity index (χ0v) is 13.0. The van der Waals surface area contributed by atoms with Gasteiger partial charge in [-0.25, -0.2) is 0 Å². The van der Waals surface area contributed by atoms with Crippen molar-refractivity contribution in [1.29, 1.82) is 0 Å². The van der Waals surface area contributed by atoms with E-state index in [1.54, 1.807) is 6.07 Å². The highest BCUT2D eigenvalue weighted by Crippen LogP contribution is 2.44. The molecule has 4 rings (SSSR count). The van der Waals surface area contributed by atoms with E-state index >= 15 is 0 Å². The van der Waals surface area contributed by atoms with Crippen molar-refractivity contribution < 1.29 is 9.32 Å². The van der Waals surface area contributed by atoms with Crippen LogP contribution >= 0.6 is 0 Å². The summed E-state index contributed by atoms with van der Waals surface area (Å²) in [6.07, 6.45) is 4.73. The highest BCUT2D eigenvalue weighted by Gasteiger charge is 2.46. The van der Waals surface area contributed by atoms with Crippen molar-refractivity contribution >= 4 is 5.91 Å². The highest BCUT2D eigenvalue weighted by atomic mass is 16.5. The van der Waals surface area contributed by atoms with Crippen molar-refractivity contribution in [2.45, 2.75) is 37.9 Å². The van der Waals surface area contributed by atoms with Crippen LogP contribution in [0.4, 0.5) is 0 Å². The smallest absolute Gasteiger partial charge is 0.225 e. The summed E-state index contributed by atoms with van der Waals surface area (Å²) in [5.41, 5.74) is 2.09. The Labute approximate surface area is 135 Å². The van der Waals surface area contributed by atoms with Crippen molar-refractivity contribution in [2.75, 3.05) is 6.54 Å². The third-order valence-electron chi connectivity index (χ3n) is 5.14. The van der Waals surface area contributed by atoms with Crippen LogP contribution in [0.5, 0.6) is 0 Å². The molecule has 2 fully saturated rings. The molecule has 120 valence electrons. The molecule has 0 unspecified atom stereocenters. The molecule has 0 bridgehead atoms. The second-order valence-corrected chi connectivity index (χ2v) is 6.42. The Morgan fingerprint density at radius 3 is 2.96 bits per heavy atom. The number of nitrogens with one attached hydrogen (secondary N) is 1. The van der Waals surface area contributed by atoms with Crippen molar-refractivity contribution in [3.63, 3.8) is 0 Å². The molecule has 3 atom stereocenters. The van der Waals surface area contributed by atoms with E-state index in [1.807, 2.05) is 6.07 Å². The number of carbonyl (C=O) groups is 1.